The van der Waals surface area contributed by atoms with Crippen LogP contribution in [0.25, 0.3) is 0 Å². The van der Waals surface area contributed by atoms with Crippen LogP contribution in [0.2, 0.25) is 0 Å². The summed E-state index contributed by atoms with van der Waals surface area (Å²) in [7, 11) is 0. The third-order valence-electron chi connectivity index (χ3n) is 4.11. The molecule has 2 aliphatic rings. The molecular formula is C15H18N2O4. The van der Waals surface area contributed by atoms with Crippen LogP contribution in [-0.4, -0.2) is 48.8 Å². The average molecular weight is 290 g/mol. The van der Waals surface area contributed by atoms with Crippen LogP contribution >= 0.6 is 0 Å². The molecule has 1 unspecified atom stereocenters. The number of hydrogen-bond donors (Lipinski definition) is 2. The van der Waals surface area contributed by atoms with Crippen molar-refractivity contribution in [2.75, 3.05) is 31.1 Å². The fourth-order valence-corrected chi connectivity index (χ4v) is 2.75. The number of ether oxygens (including phenoxy) is 1. The maximum Gasteiger partial charge on any atom is 0.312 e. The molecule has 1 amide bonds. The van der Waals surface area contributed by atoms with E-state index in [2.05, 4.69) is 5.32 Å². The van der Waals surface area contributed by atoms with Gasteiger partial charge in [0.1, 0.15) is 12.5 Å². The Kier molecular flexibility index (Phi) is 3.43. The number of carbonyl (C=O) groups is 2. The van der Waals surface area contributed by atoms with Crippen LogP contribution in [0.15, 0.2) is 24.3 Å². The van der Waals surface area contributed by atoms with E-state index in [1.165, 1.54) is 4.90 Å². The highest BCUT2D eigenvalue weighted by molar-refractivity contribution is 5.99. The largest absolute Gasteiger partial charge is 0.481 e. The molecule has 1 fully saturated rings. The molecule has 0 saturated carbocycles. The molecule has 0 aliphatic carbocycles. The number of rotatable bonds is 4. The number of carbonyl (C=O) groups excluding carboxylic acids is 1. The molecule has 6 nitrogen and oxygen atoms in total. The molecular weight excluding hydrogens is 272 g/mol. The van der Waals surface area contributed by atoms with Crippen molar-refractivity contribution >= 4 is 17.6 Å². The van der Waals surface area contributed by atoms with Gasteiger partial charge in [-0.25, -0.2) is 0 Å². The van der Waals surface area contributed by atoms with E-state index in [0.29, 0.717) is 11.3 Å². The van der Waals surface area contributed by atoms with E-state index >= 15 is 0 Å². The summed E-state index contributed by atoms with van der Waals surface area (Å²) in [4.78, 5) is 25.2. The lowest BCUT2D eigenvalue weighted by Gasteiger charge is -2.39. The van der Waals surface area contributed by atoms with Gasteiger partial charge in [-0.15, -0.1) is 0 Å². The third-order valence-corrected chi connectivity index (χ3v) is 4.11. The van der Waals surface area contributed by atoms with Crippen LogP contribution in [0.5, 0.6) is 0 Å². The van der Waals surface area contributed by atoms with Crippen molar-refractivity contribution in [1.82, 2.24) is 5.32 Å². The van der Waals surface area contributed by atoms with Gasteiger partial charge in [-0.1, -0.05) is 18.2 Å². The molecule has 2 N–H and O–H groups in total. The number of para-hydroxylation sites is 1. The Balaban J connectivity index is 1.73. The van der Waals surface area contributed by atoms with Gasteiger partial charge < -0.3 is 20.1 Å². The summed E-state index contributed by atoms with van der Waals surface area (Å²) in [6.45, 7) is 3.56. The number of nitrogens with zero attached hydrogens (tertiary/aromatic N) is 1. The van der Waals surface area contributed by atoms with E-state index in [1.807, 2.05) is 6.92 Å². The Bertz CT molecular complexity index is 583. The molecule has 2 heterocycles. The van der Waals surface area contributed by atoms with E-state index in [1.54, 1.807) is 24.3 Å². The highest BCUT2D eigenvalue weighted by Gasteiger charge is 2.38. The molecule has 2 aliphatic heterocycles. The summed E-state index contributed by atoms with van der Waals surface area (Å²) in [5, 5.41) is 12.4. The van der Waals surface area contributed by atoms with E-state index < -0.39 is 11.9 Å². The molecule has 21 heavy (non-hydrogen) atoms. The van der Waals surface area contributed by atoms with Gasteiger partial charge in [-0.3, -0.25) is 9.59 Å². The summed E-state index contributed by atoms with van der Waals surface area (Å²) >= 11 is 0. The predicted octanol–water partition coefficient (Wildman–Crippen LogP) is 0.580. The number of hydrogen-bond acceptors (Lipinski definition) is 4. The first-order valence-corrected chi connectivity index (χ1v) is 6.97. The molecule has 112 valence electrons. The van der Waals surface area contributed by atoms with Crippen LogP contribution in [-0.2, 0) is 14.3 Å². The second-order valence-corrected chi connectivity index (χ2v) is 5.80. The van der Waals surface area contributed by atoms with Crippen molar-refractivity contribution in [3.8, 4) is 0 Å². The number of carboxylic acids is 1. The quantitative estimate of drug-likeness (QED) is 0.848. The topological polar surface area (TPSA) is 78.9 Å². The zero-order valence-electron chi connectivity index (χ0n) is 11.8. The van der Waals surface area contributed by atoms with Crippen LogP contribution in [0.4, 0.5) is 5.69 Å². The van der Waals surface area contributed by atoms with Gasteiger partial charge in [0.05, 0.1) is 5.60 Å². The predicted molar refractivity (Wildman–Crippen MR) is 76.4 cm³/mol. The third kappa shape index (κ3) is 2.52. The van der Waals surface area contributed by atoms with Gasteiger partial charge >= 0.3 is 5.97 Å². The van der Waals surface area contributed by atoms with E-state index in [4.69, 9.17) is 4.74 Å². The van der Waals surface area contributed by atoms with Crippen LogP contribution in [0.3, 0.4) is 0 Å². The molecule has 1 saturated heterocycles. The smallest absolute Gasteiger partial charge is 0.312 e. The van der Waals surface area contributed by atoms with Crippen molar-refractivity contribution in [3.63, 3.8) is 0 Å². The summed E-state index contributed by atoms with van der Waals surface area (Å²) in [6, 6.07) is 7.14. The highest BCUT2D eigenvalue weighted by atomic mass is 16.5. The monoisotopic (exact) mass is 290 g/mol. The Hall–Kier alpha value is -1.92. The summed E-state index contributed by atoms with van der Waals surface area (Å²) in [5.74, 6) is -1.76. The molecule has 0 spiro atoms. The molecule has 0 aromatic heterocycles. The Morgan fingerprint density at radius 1 is 1.43 bits per heavy atom. The maximum atomic E-state index is 12.4. The number of fused-ring (bicyclic) bond motifs is 1. The van der Waals surface area contributed by atoms with Crippen molar-refractivity contribution in [2.45, 2.75) is 18.4 Å². The summed E-state index contributed by atoms with van der Waals surface area (Å²) in [5.41, 5.74) is 1.08. The molecule has 1 aromatic carbocycles. The number of aliphatic carboxylic acids is 1. The fourth-order valence-electron chi connectivity index (χ4n) is 2.75. The number of amides is 1. The summed E-state index contributed by atoms with van der Waals surface area (Å²) < 4.78 is 5.65. The lowest BCUT2D eigenvalue weighted by molar-refractivity contribution is -0.138. The van der Waals surface area contributed by atoms with Gasteiger partial charge in [0, 0.05) is 25.3 Å². The first-order chi connectivity index (χ1) is 10.0. The molecule has 1 atom stereocenters. The first-order valence-electron chi connectivity index (χ1n) is 6.97. The van der Waals surface area contributed by atoms with Gasteiger partial charge in [-0.2, -0.15) is 0 Å². The summed E-state index contributed by atoms with van der Waals surface area (Å²) in [6.07, 6.45) is 0. The second-order valence-electron chi connectivity index (χ2n) is 5.80. The van der Waals surface area contributed by atoms with Crippen molar-refractivity contribution in [1.29, 1.82) is 0 Å². The van der Waals surface area contributed by atoms with Gasteiger partial charge in [0.25, 0.3) is 5.91 Å². The first kappa shape index (κ1) is 14.0. The van der Waals surface area contributed by atoms with Gasteiger partial charge in [0.15, 0.2) is 0 Å². The minimum Gasteiger partial charge on any atom is -0.481 e. The minimum absolute atomic E-state index is 0.0289. The van der Waals surface area contributed by atoms with E-state index in [9.17, 15) is 14.7 Å². The molecule has 3 rings (SSSR count). The van der Waals surface area contributed by atoms with Gasteiger partial charge in [-0.05, 0) is 18.6 Å². The van der Waals surface area contributed by atoms with Crippen molar-refractivity contribution < 1.29 is 19.4 Å². The number of carboxylic acid groups (broad SMARTS) is 1. The molecule has 1 aromatic rings. The normalized spacial score (nSPS) is 22.5. The number of benzene rings is 1. The SMILES string of the molecule is CC1(OCC(=O)N2CC(C(=O)O)c3ccccc32)CNC1. The van der Waals surface area contributed by atoms with E-state index in [0.717, 1.165) is 13.1 Å². The van der Waals surface area contributed by atoms with E-state index in [-0.39, 0.29) is 24.7 Å². The zero-order chi connectivity index (χ0) is 15.0. The van der Waals surface area contributed by atoms with Crippen molar-refractivity contribution in [2.24, 2.45) is 0 Å². The Morgan fingerprint density at radius 2 is 2.14 bits per heavy atom. The van der Waals surface area contributed by atoms with Gasteiger partial charge in [0.2, 0.25) is 0 Å². The van der Waals surface area contributed by atoms with Crippen molar-refractivity contribution in [3.05, 3.63) is 29.8 Å². The zero-order valence-corrected chi connectivity index (χ0v) is 11.8. The molecule has 0 bridgehead atoms. The fraction of sp³-hybridized carbons (Fsp3) is 0.467. The standard InChI is InChI=1S/C15H18N2O4/c1-15(8-16-9-15)21-7-13(18)17-6-11(14(19)20)10-4-2-3-5-12(10)17/h2-5,11,16H,6-9H2,1H3,(H,19,20). The lowest BCUT2D eigenvalue weighted by atomic mass is 10.0. The molecule has 0 radical (unpaired) electrons. The number of nitrogens with one attached hydrogen (secondary N) is 1. The Morgan fingerprint density at radius 3 is 2.76 bits per heavy atom. The van der Waals surface area contributed by atoms with Crippen LogP contribution in [0, 0.1) is 0 Å². The highest BCUT2D eigenvalue weighted by Crippen LogP contribution is 2.36. The van der Waals surface area contributed by atoms with Crippen LogP contribution < -0.4 is 10.2 Å². The van der Waals surface area contributed by atoms with Crippen LogP contribution in [0.1, 0.15) is 18.4 Å². The minimum atomic E-state index is -0.908. The average Bonchev–Trinajstić information content (AvgIpc) is 2.82. The molecule has 6 heteroatoms. The second kappa shape index (κ2) is 5.13. The lowest BCUT2D eigenvalue weighted by Crippen LogP contribution is -2.59. The maximum absolute atomic E-state index is 12.4. The number of anilines is 1. The Labute approximate surface area is 122 Å².